The normalized spacial score (nSPS) is 21.6. The maximum atomic E-state index is 13.6. The first-order chi connectivity index (χ1) is 17.4. The quantitative estimate of drug-likeness (QED) is 0.443. The summed E-state index contributed by atoms with van der Waals surface area (Å²) in [6.07, 6.45) is 2.94. The highest BCUT2D eigenvalue weighted by Gasteiger charge is 2.42. The fourth-order valence-electron chi connectivity index (χ4n) is 5.25. The molecule has 10 heteroatoms. The number of hydrogen-bond acceptors (Lipinski definition) is 7. The second-order valence-electron chi connectivity index (χ2n) is 9.57. The van der Waals surface area contributed by atoms with Crippen LogP contribution >= 0.6 is 23.2 Å². The van der Waals surface area contributed by atoms with Gasteiger partial charge in [0.15, 0.2) is 0 Å². The first kappa shape index (κ1) is 24.8. The minimum Gasteiger partial charge on any atom is -0.474 e. The first-order valence-electron chi connectivity index (χ1n) is 12.2. The zero-order valence-electron chi connectivity index (χ0n) is 20.3. The molecular formula is C26H29Cl2N5O3. The van der Waals surface area contributed by atoms with Gasteiger partial charge in [-0.3, -0.25) is 4.79 Å². The lowest BCUT2D eigenvalue weighted by atomic mass is 9.86. The van der Waals surface area contributed by atoms with Crippen LogP contribution in [0.2, 0.25) is 10.0 Å². The summed E-state index contributed by atoms with van der Waals surface area (Å²) >= 11 is 12.1. The second kappa shape index (κ2) is 10.6. The molecule has 0 radical (unpaired) electrons. The van der Waals surface area contributed by atoms with Crippen molar-refractivity contribution in [2.45, 2.75) is 38.7 Å². The number of carbonyl (C=O) groups is 1. The van der Waals surface area contributed by atoms with Crippen LogP contribution in [0.1, 0.15) is 37.1 Å². The Morgan fingerprint density at radius 3 is 2.42 bits per heavy atom. The van der Waals surface area contributed by atoms with E-state index in [2.05, 4.69) is 20.1 Å². The van der Waals surface area contributed by atoms with E-state index in [0.29, 0.717) is 40.9 Å². The van der Waals surface area contributed by atoms with Crippen LogP contribution in [0.4, 0.5) is 6.01 Å². The molecule has 1 amide bonds. The molecule has 3 atom stereocenters. The summed E-state index contributed by atoms with van der Waals surface area (Å²) in [6.45, 7) is 6.54. The van der Waals surface area contributed by atoms with Crippen molar-refractivity contribution < 1.29 is 13.9 Å². The molecule has 0 saturated carbocycles. The predicted molar refractivity (Wildman–Crippen MR) is 138 cm³/mol. The number of hydrogen-bond donors (Lipinski definition) is 0. The summed E-state index contributed by atoms with van der Waals surface area (Å²) in [4.78, 5) is 22.0. The highest BCUT2D eigenvalue weighted by molar-refractivity contribution is 6.30. The molecule has 0 bridgehead atoms. The monoisotopic (exact) mass is 529 g/mol. The maximum absolute atomic E-state index is 13.6. The molecule has 36 heavy (non-hydrogen) atoms. The average molecular weight is 530 g/mol. The molecule has 1 aromatic carbocycles. The lowest BCUT2D eigenvalue weighted by molar-refractivity contribution is -0.135. The number of halogens is 2. The van der Waals surface area contributed by atoms with E-state index in [4.69, 9.17) is 32.4 Å². The van der Waals surface area contributed by atoms with Gasteiger partial charge in [-0.2, -0.15) is 0 Å². The van der Waals surface area contributed by atoms with Crippen molar-refractivity contribution in [1.82, 2.24) is 20.1 Å². The van der Waals surface area contributed by atoms with Gasteiger partial charge in [0, 0.05) is 68.1 Å². The average Bonchev–Trinajstić information content (AvgIpc) is 3.53. The van der Waals surface area contributed by atoms with Gasteiger partial charge in [0.2, 0.25) is 17.7 Å². The van der Waals surface area contributed by atoms with E-state index < -0.39 is 0 Å². The number of anilines is 1. The van der Waals surface area contributed by atoms with Crippen molar-refractivity contribution >= 4 is 35.1 Å². The predicted octanol–water partition coefficient (Wildman–Crippen LogP) is 5.01. The van der Waals surface area contributed by atoms with Crippen LogP contribution in [0.3, 0.4) is 0 Å². The highest BCUT2D eigenvalue weighted by Crippen LogP contribution is 2.38. The van der Waals surface area contributed by atoms with Gasteiger partial charge < -0.3 is 19.0 Å². The van der Waals surface area contributed by atoms with Crippen LogP contribution in [0.25, 0.3) is 0 Å². The third-order valence-corrected chi connectivity index (χ3v) is 7.69. The lowest BCUT2D eigenvalue weighted by Gasteiger charge is -2.32. The number of benzene rings is 1. The SMILES string of the molecule is Cc1nnc(N2CCC(C(=O)N3C[C@H](c4ccc(Cl)cc4)[C@@H](C(C)Oc4ccc(Cl)cn4)C3)CC2)o1. The number of ether oxygens (including phenoxy) is 1. The largest absolute Gasteiger partial charge is 0.474 e. The number of pyridine rings is 1. The van der Waals surface area contributed by atoms with E-state index >= 15 is 0 Å². The van der Waals surface area contributed by atoms with Crippen LogP contribution in [0.5, 0.6) is 5.88 Å². The lowest BCUT2D eigenvalue weighted by Crippen LogP contribution is -2.42. The van der Waals surface area contributed by atoms with E-state index in [0.717, 1.165) is 31.5 Å². The Morgan fingerprint density at radius 2 is 1.78 bits per heavy atom. The standard InChI is InChI=1S/C26H29Cl2N5O3/c1-16(35-24-8-7-21(28)13-29-24)22-14-33(15-23(22)18-3-5-20(27)6-4-18)25(34)19-9-11-32(12-10-19)26-31-30-17(2)36-26/h3-8,13,16,19,22-23H,9-12,14-15H2,1-2H3/t16?,22-,23-/m1/s1. The third-order valence-electron chi connectivity index (χ3n) is 7.21. The fourth-order valence-corrected chi connectivity index (χ4v) is 5.48. The number of nitrogens with zero attached hydrogens (tertiary/aromatic N) is 5. The zero-order valence-corrected chi connectivity index (χ0v) is 21.8. The third kappa shape index (κ3) is 5.44. The smallest absolute Gasteiger partial charge is 0.318 e. The number of amides is 1. The molecule has 0 N–H and O–H groups in total. The van der Waals surface area contributed by atoms with Crippen molar-refractivity contribution in [1.29, 1.82) is 0 Å². The Bertz CT molecular complexity index is 1180. The Balaban J connectivity index is 1.28. The van der Waals surface area contributed by atoms with E-state index in [-0.39, 0.29) is 29.8 Å². The Labute approximate surface area is 220 Å². The van der Waals surface area contributed by atoms with Crippen molar-refractivity contribution in [2.75, 3.05) is 31.1 Å². The summed E-state index contributed by atoms with van der Waals surface area (Å²) in [6, 6.07) is 12.0. The summed E-state index contributed by atoms with van der Waals surface area (Å²) in [5, 5.41) is 9.28. The minimum absolute atomic E-state index is 0.0240. The molecule has 0 aliphatic carbocycles. The minimum atomic E-state index is -0.153. The van der Waals surface area contributed by atoms with Gasteiger partial charge in [0.1, 0.15) is 6.10 Å². The van der Waals surface area contributed by atoms with Gasteiger partial charge in [-0.1, -0.05) is 40.4 Å². The summed E-state index contributed by atoms with van der Waals surface area (Å²) in [5.41, 5.74) is 1.15. The second-order valence-corrected chi connectivity index (χ2v) is 10.4. The van der Waals surface area contributed by atoms with Gasteiger partial charge in [-0.25, -0.2) is 4.98 Å². The van der Waals surface area contributed by atoms with Crippen LogP contribution in [0, 0.1) is 18.8 Å². The molecule has 2 aliphatic rings. The van der Waals surface area contributed by atoms with Crippen LogP contribution in [-0.4, -0.2) is 58.3 Å². The molecule has 2 aromatic heterocycles. The highest BCUT2D eigenvalue weighted by atomic mass is 35.5. The summed E-state index contributed by atoms with van der Waals surface area (Å²) < 4.78 is 11.8. The van der Waals surface area contributed by atoms with Crippen molar-refractivity contribution in [3.8, 4) is 5.88 Å². The number of rotatable bonds is 6. The van der Waals surface area contributed by atoms with Crippen molar-refractivity contribution in [3.63, 3.8) is 0 Å². The van der Waals surface area contributed by atoms with Gasteiger partial charge in [0.25, 0.3) is 0 Å². The molecule has 5 rings (SSSR count). The van der Waals surface area contributed by atoms with Crippen LogP contribution in [0.15, 0.2) is 47.0 Å². The molecule has 2 fully saturated rings. The topological polar surface area (TPSA) is 84.6 Å². The van der Waals surface area contributed by atoms with Crippen molar-refractivity contribution in [2.24, 2.45) is 11.8 Å². The molecule has 2 saturated heterocycles. The van der Waals surface area contributed by atoms with E-state index in [1.807, 2.05) is 36.1 Å². The number of likely N-dealkylation sites (tertiary alicyclic amines) is 1. The van der Waals surface area contributed by atoms with Gasteiger partial charge in [-0.15, -0.1) is 5.10 Å². The van der Waals surface area contributed by atoms with Crippen LogP contribution in [-0.2, 0) is 4.79 Å². The Hall–Kier alpha value is -2.84. The maximum Gasteiger partial charge on any atom is 0.318 e. The molecule has 190 valence electrons. The van der Waals surface area contributed by atoms with E-state index in [9.17, 15) is 4.79 Å². The number of piperidine rings is 1. The molecule has 2 aliphatic heterocycles. The number of carbonyl (C=O) groups excluding carboxylic acids is 1. The molecule has 4 heterocycles. The van der Waals surface area contributed by atoms with Gasteiger partial charge >= 0.3 is 6.01 Å². The molecule has 8 nitrogen and oxygen atoms in total. The van der Waals surface area contributed by atoms with E-state index in [1.54, 1.807) is 25.3 Å². The summed E-state index contributed by atoms with van der Waals surface area (Å²) in [5.74, 6) is 1.49. The summed E-state index contributed by atoms with van der Waals surface area (Å²) in [7, 11) is 0. The zero-order chi connectivity index (χ0) is 25.2. The van der Waals surface area contributed by atoms with Crippen molar-refractivity contribution in [3.05, 3.63) is 64.1 Å². The van der Waals surface area contributed by atoms with E-state index in [1.165, 1.54) is 0 Å². The molecule has 0 spiro atoms. The molecule has 1 unspecified atom stereocenters. The Morgan fingerprint density at radius 1 is 1.06 bits per heavy atom. The number of aryl methyl sites for hydroxylation is 1. The van der Waals surface area contributed by atoms with Gasteiger partial charge in [0.05, 0.1) is 5.02 Å². The Kier molecular flexibility index (Phi) is 7.34. The number of aromatic nitrogens is 3. The van der Waals surface area contributed by atoms with Gasteiger partial charge in [-0.05, 0) is 43.5 Å². The molecular weight excluding hydrogens is 501 g/mol. The fraction of sp³-hybridized carbons (Fsp3) is 0.462. The molecule has 3 aromatic rings. The first-order valence-corrected chi connectivity index (χ1v) is 13.0. The van der Waals surface area contributed by atoms with Crippen LogP contribution < -0.4 is 9.64 Å².